The molecule has 0 atom stereocenters. The third-order valence-electron chi connectivity index (χ3n) is 1.93. The Morgan fingerprint density at radius 1 is 1.67 bits per heavy atom. The van der Waals surface area contributed by atoms with Gasteiger partial charge in [-0.25, -0.2) is 9.97 Å². The molecular weight excluding hydrogens is 212 g/mol. The predicted molar refractivity (Wildman–Crippen MR) is 62.9 cm³/mol. The molecule has 0 fully saturated rings. The van der Waals surface area contributed by atoms with Crippen molar-refractivity contribution in [1.29, 1.82) is 0 Å². The van der Waals surface area contributed by atoms with Crippen LogP contribution in [0.25, 0.3) is 0 Å². The average Bonchev–Trinajstić information content (AvgIpc) is 2.26. The number of nitrogens with two attached hydrogens (primary N) is 1. The molecule has 3 N–H and O–H groups in total. The first kappa shape index (κ1) is 11.8. The van der Waals surface area contributed by atoms with Gasteiger partial charge in [-0.2, -0.15) is 0 Å². The molecule has 6 heteroatoms. The van der Waals surface area contributed by atoms with E-state index in [0.29, 0.717) is 18.2 Å². The molecule has 1 aromatic rings. The van der Waals surface area contributed by atoms with E-state index in [0.717, 1.165) is 6.54 Å². The highest BCUT2D eigenvalue weighted by Gasteiger charge is 2.08. The van der Waals surface area contributed by atoms with Crippen LogP contribution >= 0.6 is 12.2 Å². The smallest absolute Gasteiger partial charge is 0.226 e. The van der Waals surface area contributed by atoms with Crippen LogP contribution in [0.3, 0.4) is 0 Å². The Hall–Kier alpha value is -1.27. The van der Waals surface area contributed by atoms with E-state index in [-0.39, 0.29) is 11.6 Å². The second kappa shape index (κ2) is 5.57. The van der Waals surface area contributed by atoms with Crippen LogP contribution in [0.1, 0.15) is 12.6 Å². The lowest BCUT2D eigenvalue weighted by atomic mass is 10.4. The van der Waals surface area contributed by atoms with Gasteiger partial charge in [0.1, 0.15) is 10.7 Å². The summed E-state index contributed by atoms with van der Waals surface area (Å²) in [4.78, 5) is 10.4. The van der Waals surface area contributed by atoms with Crippen molar-refractivity contribution >= 4 is 23.2 Å². The maximum atomic E-state index is 8.86. The molecule has 15 heavy (non-hydrogen) atoms. The zero-order valence-corrected chi connectivity index (χ0v) is 9.37. The van der Waals surface area contributed by atoms with Crippen LogP contribution in [-0.2, 0) is 0 Å². The van der Waals surface area contributed by atoms with Crippen LogP contribution in [0.5, 0.6) is 0 Å². The molecule has 0 aliphatic heterocycles. The summed E-state index contributed by atoms with van der Waals surface area (Å²) < 4.78 is 0. The Kier molecular flexibility index (Phi) is 4.38. The highest BCUT2D eigenvalue weighted by atomic mass is 32.1. The van der Waals surface area contributed by atoms with Crippen molar-refractivity contribution in [3.63, 3.8) is 0 Å². The Morgan fingerprint density at radius 2 is 2.40 bits per heavy atom. The molecule has 0 aliphatic rings. The number of likely N-dealkylation sites (N-methyl/N-ethyl adjacent to an activating group) is 1. The first-order valence-electron chi connectivity index (χ1n) is 4.67. The standard InChI is InChI=1S/C9H14N4OS/c1-2-13(5-6-14)9-11-4-3-7(12-9)8(10)15/h3-4,14H,2,5-6H2,1H3,(H2,10,15). The summed E-state index contributed by atoms with van der Waals surface area (Å²) in [5.74, 6) is 0.539. The quantitative estimate of drug-likeness (QED) is 0.685. The van der Waals surface area contributed by atoms with E-state index in [9.17, 15) is 0 Å². The predicted octanol–water partition coefficient (Wildman–Crippen LogP) is -0.0706. The van der Waals surface area contributed by atoms with Gasteiger partial charge in [0.15, 0.2) is 0 Å². The number of hydrogen-bond acceptors (Lipinski definition) is 5. The zero-order chi connectivity index (χ0) is 11.3. The Balaban J connectivity index is 2.92. The van der Waals surface area contributed by atoms with Crippen LogP contribution in [0.4, 0.5) is 5.95 Å². The molecule has 1 heterocycles. The van der Waals surface area contributed by atoms with Crippen molar-refractivity contribution in [2.24, 2.45) is 5.73 Å². The minimum Gasteiger partial charge on any atom is -0.395 e. The van der Waals surface area contributed by atoms with Gasteiger partial charge in [-0.1, -0.05) is 12.2 Å². The molecule has 1 aromatic heterocycles. The van der Waals surface area contributed by atoms with Gasteiger partial charge in [-0.3, -0.25) is 0 Å². The molecule has 0 radical (unpaired) electrons. The van der Waals surface area contributed by atoms with E-state index in [1.54, 1.807) is 12.3 Å². The van der Waals surface area contributed by atoms with Gasteiger partial charge >= 0.3 is 0 Å². The first-order chi connectivity index (χ1) is 7.19. The van der Waals surface area contributed by atoms with Gasteiger partial charge in [0.25, 0.3) is 0 Å². The van der Waals surface area contributed by atoms with Gasteiger partial charge < -0.3 is 15.7 Å². The van der Waals surface area contributed by atoms with Crippen LogP contribution in [0, 0.1) is 0 Å². The SMILES string of the molecule is CCN(CCO)c1nccc(C(N)=S)n1. The molecule has 0 saturated heterocycles. The van der Waals surface area contributed by atoms with Crippen molar-refractivity contribution in [2.45, 2.75) is 6.92 Å². The van der Waals surface area contributed by atoms with Crippen molar-refractivity contribution in [3.8, 4) is 0 Å². The van der Waals surface area contributed by atoms with Crippen LogP contribution < -0.4 is 10.6 Å². The van der Waals surface area contributed by atoms with Crippen LogP contribution in [0.2, 0.25) is 0 Å². The molecule has 0 amide bonds. The van der Waals surface area contributed by atoms with E-state index in [1.165, 1.54) is 0 Å². The second-order valence-electron chi connectivity index (χ2n) is 2.91. The summed E-state index contributed by atoms with van der Waals surface area (Å²) in [7, 11) is 0. The van der Waals surface area contributed by atoms with Crippen molar-refractivity contribution in [2.75, 3.05) is 24.6 Å². The summed E-state index contributed by atoms with van der Waals surface area (Å²) in [6.45, 7) is 3.25. The summed E-state index contributed by atoms with van der Waals surface area (Å²) >= 11 is 4.83. The number of anilines is 1. The molecule has 0 bridgehead atoms. The third kappa shape index (κ3) is 3.10. The number of hydrogen-bond donors (Lipinski definition) is 2. The maximum Gasteiger partial charge on any atom is 0.226 e. The van der Waals surface area contributed by atoms with E-state index in [4.69, 9.17) is 23.1 Å². The molecule has 0 saturated carbocycles. The fourth-order valence-electron chi connectivity index (χ4n) is 1.16. The fourth-order valence-corrected chi connectivity index (χ4v) is 1.27. The van der Waals surface area contributed by atoms with Gasteiger partial charge in [-0.15, -0.1) is 0 Å². The van der Waals surface area contributed by atoms with Crippen molar-refractivity contribution in [1.82, 2.24) is 9.97 Å². The van der Waals surface area contributed by atoms with Crippen LogP contribution in [-0.4, -0.2) is 39.8 Å². The minimum absolute atomic E-state index is 0.0640. The van der Waals surface area contributed by atoms with E-state index in [2.05, 4.69) is 9.97 Å². The number of aromatic nitrogens is 2. The van der Waals surface area contributed by atoms with Gasteiger partial charge in [0.05, 0.1) is 6.61 Å². The lowest BCUT2D eigenvalue weighted by Gasteiger charge is -2.19. The van der Waals surface area contributed by atoms with Crippen molar-refractivity contribution in [3.05, 3.63) is 18.0 Å². The summed E-state index contributed by atoms with van der Waals surface area (Å²) in [5, 5.41) is 8.86. The van der Waals surface area contributed by atoms with Gasteiger partial charge in [-0.05, 0) is 13.0 Å². The second-order valence-corrected chi connectivity index (χ2v) is 3.35. The molecule has 5 nitrogen and oxygen atoms in total. The summed E-state index contributed by atoms with van der Waals surface area (Å²) in [6.07, 6.45) is 1.61. The number of rotatable bonds is 5. The molecule has 0 aliphatic carbocycles. The minimum atomic E-state index is 0.0640. The summed E-state index contributed by atoms with van der Waals surface area (Å²) in [6, 6.07) is 1.67. The van der Waals surface area contributed by atoms with Crippen molar-refractivity contribution < 1.29 is 5.11 Å². The topological polar surface area (TPSA) is 75.3 Å². The van der Waals surface area contributed by atoms with Gasteiger partial charge in [0.2, 0.25) is 5.95 Å². The normalized spacial score (nSPS) is 10.0. The Bertz CT molecular complexity index is 345. The number of nitrogens with zero attached hydrogens (tertiary/aromatic N) is 3. The highest BCUT2D eigenvalue weighted by Crippen LogP contribution is 2.06. The first-order valence-corrected chi connectivity index (χ1v) is 5.08. The fraction of sp³-hybridized carbons (Fsp3) is 0.444. The highest BCUT2D eigenvalue weighted by molar-refractivity contribution is 7.80. The van der Waals surface area contributed by atoms with E-state index < -0.39 is 0 Å². The molecular formula is C9H14N4OS. The third-order valence-corrected chi connectivity index (χ3v) is 2.14. The monoisotopic (exact) mass is 226 g/mol. The summed E-state index contributed by atoms with van der Waals surface area (Å²) in [5.41, 5.74) is 6.02. The molecule has 82 valence electrons. The van der Waals surface area contributed by atoms with Crippen LogP contribution in [0.15, 0.2) is 12.3 Å². The Labute approximate surface area is 93.9 Å². The maximum absolute atomic E-state index is 8.86. The zero-order valence-electron chi connectivity index (χ0n) is 8.55. The molecule has 0 spiro atoms. The number of aliphatic hydroxyl groups is 1. The largest absolute Gasteiger partial charge is 0.395 e. The van der Waals surface area contributed by atoms with E-state index in [1.807, 2.05) is 11.8 Å². The lowest BCUT2D eigenvalue weighted by molar-refractivity contribution is 0.301. The average molecular weight is 226 g/mol. The number of thiocarbonyl (C=S) groups is 1. The molecule has 0 aromatic carbocycles. The van der Waals surface area contributed by atoms with E-state index >= 15 is 0 Å². The molecule has 0 unspecified atom stereocenters. The number of aliphatic hydroxyl groups excluding tert-OH is 1. The molecule has 1 rings (SSSR count). The lowest BCUT2D eigenvalue weighted by Crippen LogP contribution is -2.28. The Morgan fingerprint density at radius 3 is 2.93 bits per heavy atom. The van der Waals surface area contributed by atoms with Gasteiger partial charge in [0, 0.05) is 19.3 Å².